The van der Waals surface area contributed by atoms with Crippen molar-refractivity contribution in [3.8, 4) is 0 Å². The second kappa shape index (κ2) is 9.28. The van der Waals surface area contributed by atoms with Gasteiger partial charge in [0.25, 0.3) is 5.91 Å². The van der Waals surface area contributed by atoms with Gasteiger partial charge >= 0.3 is 0 Å². The van der Waals surface area contributed by atoms with Gasteiger partial charge in [-0.25, -0.2) is 9.98 Å². The van der Waals surface area contributed by atoms with Crippen molar-refractivity contribution < 1.29 is 4.79 Å². The fourth-order valence-electron chi connectivity index (χ4n) is 3.19. The minimum absolute atomic E-state index is 0.0628. The zero-order chi connectivity index (χ0) is 20.1. The van der Waals surface area contributed by atoms with Crippen LogP contribution >= 0.6 is 11.3 Å². The van der Waals surface area contributed by atoms with Gasteiger partial charge in [0.15, 0.2) is 0 Å². The summed E-state index contributed by atoms with van der Waals surface area (Å²) in [5.41, 5.74) is 4.45. The molecule has 3 heterocycles. The van der Waals surface area contributed by atoms with E-state index >= 15 is 0 Å². The maximum atomic E-state index is 12.6. The molecule has 0 aromatic carbocycles. The van der Waals surface area contributed by atoms with Gasteiger partial charge in [-0.15, -0.1) is 11.3 Å². The molecule has 0 saturated carbocycles. The summed E-state index contributed by atoms with van der Waals surface area (Å²) in [6.07, 6.45) is 5.87. The third kappa shape index (κ3) is 4.95. The normalized spacial score (nSPS) is 14.6. The highest BCUT2D eigenvalue weighted by Crippen LogP contribution is 2.23. The highest BCUT2D eigenvalue weighted by atomic mass is 32.1. The van der Waals surface area contributed by atoms with Gasteiger partial charge in [0.2, 0.25) is 0 Å². The van der Waals surface area contributed by atoms with E-state index in [2.05, 4.69) is 29.9 Å². The highest BCUT2D eigenvalue weighted by molar-refractivity contribution is 7.09. The number of aromatic nitrogens is 2. The molecule has 0 bridgehead atoms. The van der Waals surface area contributed by atoms with Crippen LogP contribution in [-0.2, 0) is 6.42 Å². The van der Waals surface area contributed by atoms with Crippen LogP contribution in [0.15, 0.2) is 16.4 Å². The second-order valence-corrected chi connectivity index (χ2v) is 8.27. The Morgan fingerprint density at radius 3 is 2.75 bits per heavy atom. The molecule has 2 aromatic rings. The molecular formula is C21H29N5OS. The number of likely N-dealkylation sites (tertiary alicyclic amines) is 1. The van der Waals surface area contributed by atoms with Crippen LogP contribution in [-0.4, -0.2) is 58.7 Å². The summed E-state index contributed by atoms with van der Waals surface area (Å²) in [5, 5.41) is 2.81. The zero-order valence-corrected chi connectivity index (χ0v) is 18.1. The summed E-state index contributed by atoms with van der Waals surface area (Å²) >= 11 is 1.54. The van der Waals surface area contributed by atoms with Crippen molar-refractivity contribution >= 4 is 29.3 Å². The number of carbonyl (C=O) groups is 1. The fraction of sp³-hybridized carbons (Fsp3) is 0.524. The molecule has 1 amide bonds. The quantitative estimate of drug-likeness (QED) is 0.544. The molecule has 0 atom stereocenters. The molecule has 28 heavy (non-hydrogen) atoms. The van der Waals surface area contributed by atoms with Crippen LogP contribution in [0.2, 0.25) is 0 Å². The van der Waals surface area contributed by atoms with Crippen molar-refractivity contribution in [2.75, 3.05) is 26.7 Å². The van der Waals surface area contributed by atoms with E-state index in [0.717, 1.165) is 60.1 Å². The first-order valence-corrected chi connectivity index (χ1v) is 10.8. The molecule has 1 fully saturated rings. The minimum Gasteiger partial charge on any atom is -0.366 e. The fourth-order valence-corrected chi connectivity index (χ4v) is 3.96. The van der Waals surface area contributed by atoms with Crippen LogP contribution in [0.4, 0.5) is 5.69 Å². The summed E-state index contributed by atoms with van der Waals surface area (Å²) in [6.45, 7) is 8.73. The highest BCUT2D eigenvalue weighted by Gasteiger charge is 2.21. The van der Waals surface area contributed by atoms with Crippen molar-refractivity contribution in [1.29, 1.82) is 0 Å². The number of pyridine rings is 1. The number of amides is 1. The molecule has 1 aliphatic heterocycles. The molecule has 7 heteroatoms. The summed E-state index contributed by atoms with van der Waals surface area (Å²) in [4.78, 5) is 30.5. The van der Waals surface area contributed by atoms with Crippen LogP contribution in [0.25, 0.3) is 0 Å². The second-order valence-electron chi connectivity index (χ2n) is 7.33. The van der Waals surface area contributed by atoms with Gasteiger partial charge in [-0.05, 0) is 51.7 Å². The van der Waals surface area contributed by atoms with Crippen LogP contribution in [0.1, 0.15) is 58.6 Å². The Labute approximate surface area is 171 Å². The van der Waals surface area contributed by atoms with E-state index in [4.69, 9.17) is 4.98 Å². The van der Waals surface area contributed by atoms with Gasteiger partial charge in [-0.1, -0.05) is 0 Å². The maximum Gasteiger partial charge on any atom is 0.273 e. The molecule has 3 rings (SSSR count). The lowest BCUT2D eigenvalue weighted by Crippen LogP contribution is -2.35. The SMILES string of the molecule is CCN(C)C=Nc1cc(C)c(Cc2nc(C(=O)N3CCCCC3)cs2)nc1C. The Balaban J connectivity index is 1.72. The zero-order valence-electron chi connectivity index (χ0n) is 17.2. The van der Waals surface area contributed by atoms with Crippen molar-refractivity contribution in [1.82, 2.24) is 19.8 Å². The van der Waals surface area contributed by atoms with Gasteiger partial charge in [0, 0.05) is 38.5 Å². The van der Waals surface area contributed by atoms with Crippen LogP contribution in [0.3, 0.4) is 0 Å². The van der Waals surface area contributed by atoms with Crippen LogP contribution in [0.5, 0.6) is 0 Å². The lowest BCUT2D eigenvalue weighted by atomic mass is 10.1. The molecule has 150 valence electrons. The Bertz CT molecular complexity index is 854. The number of aryl methyl sites for hydroxylation is 2. The van der Waals surface area contributed by atoms with E-state index in [0.29, 0.717) is 12.1 Å². The average Bonchev–Trinajstić information content (AvgIpc) is 3.17. The maximum absolute atomic E-state index is 12.6. The number of hydrogen-bond donors (Lipinski definition) is 0. The lowest BCUT2D eigenvalue weighted by molar-refractivity contribution is 0.0719. The number of hydrogen-bond acceptors (Lipinski definition) is 5. The van der Waals surface area contributed by atoms with Gasteiger partial charge < -0.3 is 9.80 Å². The molecule has 0 spiro atoms. The van der Waals surface area contributed by atoms with Gasteiger partial charge in [0.05, 0.1) is 28.4 Å². The summed E-state index contributed by atoms with van der Waals surface area (Å²) in [6, 6.07) is 2.07. The number of piperidine rings is 1. The molecule has 6 nitrogen and oxygen atoms in total. The predicted octanol–water partition coefficient (Wildman–Crippen LogP) is 3.98. The first-order valence-electron chi connectivity index (χ1n) is 9.93. The monoisotopic (exact) mass is 399 g/mol. The largest absolute Gasteiger partial charge is 0.366 e. The van der Waals surface area contributed by atoms with E-state index < -0.39 is 0 Å². The van der Waals surface area contributed by atoms with E-state index in [1.54, 1.807) is 0 Å². The first-order chi connectivity index (χ1) is 13.5. The molecule has 0 radical (unpaired) electrons. The lowest BCUT2D eigenvalue weighted by Gasteiger charge is -2.25. The number of thiazole rings is 1. The smallest absolute Gasteiger partial charge is 0.273 e. The van der Waals surface area contributed by atoms with Crippen LogP contribution in [0, 0.1) is 13.8 Å². The standard InChI is InChI=1S/C21H29N5OS/c1-5-25(4)14-22-18-11-15(2)17(23-16(18)3)12-20-24-19(13-28-20)21(27)26-9-7-6-8-10-26/h11,13-14H,5-10,12H2,1-4H3. The van der Waals surface area contributed by atoms with E-state index in [-0.39, 0.29) is 5.91 Å². The number of carbonyl (C=O) groups excluding carboxylic acids is 1. The number of nitrogens with zero attached hydrogens (tertiary/aromatic N) is 5. The molecule has 0 aliphatic carbocycles. The Morgan fingerprint density at radius 1 is 1.29 bits per heavy atom. The van der Waals surface area contributed by atoms with Crippen molar-refractivity contribution in [2.45, 2.75) is 46.5 Å². The molecular weight excluding hydrogens is 370 g/mol. The molecule has 0 unspecified atom stereocenters. The van der Waals surface area contributed by atoms with E-state index in [1.807, 2.05) is 35.5 Å². The molecule has 0 N–H and O–H groups in total. The van der Waals surface area contributed by atoms with Gasteiger partial charge in [-0.3, -0.25) is 9.78 Å². The van der Waals surface area contributed by atoms with Crippen molar-refractivity contribution in [3.05, 3.63) is 39.1 Å². The molecule has 2 aromatic heterocycles. The average molecular weight is 400 g/mol. The van der Waals surface area contributed by atoms with Gasteiger partial charge in [-0.2, -0.15) is 0 Å². The first kappa shape index (κ1) is 20.5. The summed E-state index contributed by atoms with van der Waals surface area (Å²) in [7, 11) is 2.00. The van der Waals surface area contributed by atoms with Gasteiger partial charge in [0.1, 0.15) is 5.69 Å². The summed E-state index contributed by atoms with van der Waals surface area (Å²) in [5.74, 6) is 0.0628. The summed E-state index contributed by atoms with van der Waals surface area (Å²) < 4.78 is 0. The van der Waals surface area contributed by atoms with Crippen LogP contribution < -0.4 is 0 Å². The minimum atomic E-state index is 0.0628. The van der Waals surface area contributed by atoms with E-state index in [9.17, 15) is 4.79 Å². The number of aliphatic imine (C=N–C) groups is 1. The molecule has 1 saturated heterocycles. The van der Waals surface area contributed by atoms with E-state index in [1.165, 1.54) is 17.8 Å². The number of rotatable bonds is 6. The third-order valence-electron chi connectivity index (χ3n) is 5.11. The van der Waals surface area contributed by atoms with Crippen molar-refractivity contribution in [2.24, 2.45) is 4.99 Å². The topological polar surface area (TPSA) is 61.7 Å². The third-order valence-corrected chi connectivity index (χ3v) is 5.96. The molecule has 1 aliphatic rings. The van der Waals surface area contributed by atoms with Crippen molar-refractivity contribution in [3.63, 3.8) is 0 Å². The Kier molecular flexibility index (Phi) is 6.78. The Morgan fingerprint density at radius 2 is 2.04 bits per heavy atom. The predicted molar refractivity (Wildman–Crippen MR) is 115 cm³/mol. The Hall–Kier alpha value is -2.28.